The Bertz CT molecular complexity index is 529. The molecule has 20 heavy (non-hydrogen) atoms. The number of hydrogen-bond acceptors (Lipinski definition) is 4. The van der Waals surface area contributed by atoms with Gasteiger partial charge in [-0.25, -0.2) is 4.98 Å². The van der Waals surface area contributed by atoms with Gasteiger partial charge >= 0.3 is 0 Å². The van der Waals surface area contributed by atoms with Crippen molar-refractivity contribution in [2.45, 2.75) is 32.1 Å². The molecule has 5 nitrogen and oxygen atoms in total. The van der Waals surface area contributed by atoms with Gasteiger partial charge in [0, 0.05) is 18.8 Å². The molecule has 1 aromatic heterocycles. The summed E-state index contributed by atoms with van der Waals surface area (Å²) in [4.78, 5) is 18.7. The van der Waals surface area contributed by atoms with Crippen molar-refractivity contribution in [3.8, 4) is 0 Å². The van der Waals surface area contributed by atoms with Crippen LogP contribution in [0.3, 0.4) is 0 Å². The van der Waals surface area contributed by atoms with E-state index in [4.69, 9.17) is 16.5 Å². The fourth-order valence-electron chi connectivity index (χ4n) is 3.33. The van der Waals surface area contributed by atoms with Gasteiger partial charge in [0.1, 0.15) is 5.82 Å². The summed E-state index contributed by atoms with van der Waals surface area (Å²) in [6, 6.07) is 1.96. The Morgan fingerprint density at radius 2 is 2.25 bits per heavy atom. The number of anilines is 1. The summed E-state index contributed by atoms with van der Waals surface area (Å²) in [6.45, 7) is 2.50. The lowest BCUT2D eigenvalue weighted by Gasteiger charge is -2.34. The first-order valence-corrected chi connectivity index (χ1v) is 7.46. The van der Waals surface area contributed by atoms with E-state index in [1.807, 2.05) is 6.07 Å². The quantitative estimate of drug-likeness (QED) is 0.855. The van der Waals surface area contributed by atoms with E-state index in [0.29, 0.717) is 18.0 Å². The molecular weight excluding hydrogens is 252 g/mol. The second kappa shape index (κ2) is 5.40. The van der Waals surface area contributed by atoms with Crippen LogP contribution < -0.4 is 16.4 Å². The second-order valence-electron chi connectivity index (χ2n) is 5.87. The minimum absolute atomic E-state index is 0.378. The second-order valence-corrected chi connectivity index (χ2v) is 5.87. The molecule has 2 aliphatic rings. The van der Waals surface area contributed by atoms with Crippen LogP contribution in [0.4, 0.5) is 5.82 Å². The largest absolute Gasteiger partial charge is 0.365 e. The van der Waals surface area contributed by atoms with Gasteiger partial charge in [-0.2, -0.15) is 0 Å². The number of carbonyl (C=O) groups is 1. The minimum atomic E-state index is -0.378. The van der Waals surface area contributed by atoms with Crippen LogP contribution in [-0.4, -0.2) is 30.5 Å². The van der Waals surface area contributed by atoms with Crippen LogP contribution in [0.25, 0.3) is 0 Å². The molecule has 1 aliphatic heterocycles. The average molecular weight is 274 g/mol. The molecule has 0 saturated carbocycles. The van der Waals surface area contributed by atoms with Crippen LogP contribution >= 0.6 is 0 Å². The maximum atomic E-state index is 11.7. The minimum Gasteiger partial charge on any atom is -0.365 e. The third kappa shape index (κ3) is 2.38. The summed E-state index contributed by atoms with van der Waals surface area (Å²) < 4.78 is 0. The highest BCUT2D eigenvalue weighted by atomic mass is 16.1. The van der Waals surface area contributed by atoms with E-state index in [1.54, 1.807) is 0 Å². The summed E-state index contributed by atoms with van der Waals surface area (Å²) in [7, 11) is 0. The van der Waals surface area contributed by atoms with Crippen molar-refractivity contribution < 1.29 is 4.79 Å². The first-order chi connectivity index (χ1) is 9.69. The third-order valence-corrected chi connectivity index (χ3v) is 4.45. The molecule has 1 atom stereocenters. The van der Waals surface area contributed by atoms with E-state index in [-0.39, 0.29) is 5.91 Å². The molecule has 108 valence electrons. The van der Waals surface area contributed by atoms with E-state index in [1.165, 1.54) is 5.56 Å². The fourth-order valence-corrected chi connectivity index (χ4v) is 3.33. The molecule has 0 aromatic carbocycles. The smallest absolute Gasteiger partial charge is 0.252 e. The number of hydrogen-bond donors (Lipinski definition) is 2. The Morgan fingerprint density at radius 1 is 1.40 bits per heavy atom. The summed E-state index contributed by atoms with van der Waals surface area (Å²) >= 11 is 0. The average Bonchev–Trinajstić information content (AvgIpc) is 2.93. The Morgan fingerprint density at radius 3 is 3.00 bits per heavy atom. The number of carbonyl (C=O) groups excluding carboxylic acids is 1. The third-order valence-electron chi connectivity index (χ3n) is 4.45. The number of pyridine rings is 1. The summed E-state index contributed by atoms with van der Waals surface area (Å²) in [5.74, 6) is 0.882. The Kier molecular flexibility index (Phi) is 3.61. The van der Waals surface area contributed by atoms with E-state index >= 15 is 0 Å². The number of amides is 1. The topological polar surface area (TPSA) is 85.2 Å². The number of aromatic nitrogens is 1. The van der Waals surface area contributed by atoms with Crippen LogP contribution in [0.1, 0.15) is 40.9 Å². The standard InChI is InChI=1S/C15H22N4O/c16-8-10-3-2-6-19(9-10)15-12(14(17)20)7-11-4-1-5-13(11)18-15/h7,10H,1-6,8-9,16H2,(H2,17,20). The molecule has 1 aliphatic carbocycles. The zero-order chi connectivity index (χ0) is 14.1. The number of piperidine rings is 1. The van der Waals surface area contributed by atoms with Crippen molar-refractivity contribution in [2.24, 2.45) is 17.4 Å². The highest BCUT2D eigenvalue weighted by molar-refractivity contribution is 5.98. The van der Waals surface area contributed by atoms with Crippen molar-refractivity contribution in [1.82, 2.24) is 4.98 Å². The van der Waals surface area contributed by atoms with E-state index < -0.39 is 0 Å². The van der Waals surface area contributed by atoms with Crippen LogP contribution in [0.15, 0.2) is 6.07 Å². The number of nitrogens with zero attached hydrogens (tertiary/aromatic N) is 2. The first-order valence-electron chi connectivity index (χ1n) is 7.46. The SMILES string of the molecule is NCC1CCCN(c2nc3c(cc2C(N)=O)CCC3)C1. The fraction of sp³-hybridized carbons (Fsp3) is 0.600. The molecule has 2 heterocycles. The van der Waals surface area contributed by atoms with Gasteiger partial charge in [0.15, 0.2) is 0 Å². The number of aryl methyl sites for hydroxylation is 2. The van der Waals surface area contributed by atoms with Gasteiger partial charge in [-0.05, 0) is 56.2 Å². The van der Waals surface area contributed by atoms with Gasteiger partial charge in [-0.3, -0.25) is 4.79 Å². The molecule has 4 N–H and O–H groups in total. The molecule has 0 spiro atoms. The molecule has 1 fully saturated rings. The molecular formula is C15H22N4O. The number of primary amides is 1. The normalized spacial score (nSPS) is 21.9. The van der Waals surface area contributed by atoms with Crippen LogP contribution in [0, 0.1) is 5.92 Å². The molecule has 0 radical (unpaired) electrons. The van der Waals surface area contributed by atoms with Crippen LogP contribution in [-0.2, 0) is 12.8 Å². The highest BCUT2D eigenvalue weighted by Crippen LogP contribution is 2.29. The van der Waals surface area contributed by atoms with Crippen molar-refractivity contribution in [2.75, 3.05) is 24.5 Å². The lowest BCUT2D eigenvalue weighted by molar-refractivity contribution is 0.1000. The maximum Gasteiger partial charge on any atom is 0.252 e. The number of nitrogens with two attached hydrogens (primary N) is 2. The van der Waals surface area contributed by atoms with E-state index in [0.717, 1.165) is 56.7 Å². The predicted molar refractivity (Wildman–Crippen MR) is 78.8 cm³/mol. The monoisotopic (exact) mass is 274 g/mol. The van der Waals surface area contributed by atoms with Gasteiger partial charge in [0.2, 0.25) is 0 Å². The summed E-state index contributed by atoms with van der Waals surface area (Å²) in [6.07, 6.45) is 5.39. The molecule has 1 amide bonds. The zero-order valence-corrected chi connectivity index (χ0v) is 11.8. The van der Waals surface area contributed by atoms with E-state index in [9.17, 15) is 4.79 Å². The molecule has 1 saturated heterocycles. The summed E-state index contributed by atoms with van der Waals surface area (Å²) in [5, 5.41) is 0. The van der Waals surface area contributed by atoms with Gasteiger partial charge < -0.3 is 16.4 Å². The van der Waals surface area contributed by atoms with E-state index in [2.05, 4.69) is 4.90 Å². The van der Waals surface area contributed by atoms with Crippen molar-refractivity contribution in [3.05, 3.63) is 22.9 Å². The number of fused-ring (bicyclic) bond motifs is 1. The molecule has 0 bridgehead atoms. The molecule has 1 unspecified atom stereocenters. The lowest BCUT2D eigenvalue weighted by Crippen LogP contribution is -2.40. The first kappa shape index (κ1) is 13.4. The Hall–Kier alpha value is -1.62. The predicted octanol–water partition coefficient (Wildman–Crippen LogP) is 0.844. The lowest BCUT2D eigenvalue weighted by atomic mass is 9.97. The van der Waals surface area contributed by atoms with Gasteiger partial charge in [0.05, 0.1) is 5.56 Å². The van der Waals surface area contributed by atoms with Gasteiger partial charge in [-0.1, -0.05) is 0 Å². The van der Waals surface area contributed by atoms with Crippen molar-refractivity contribution in [1.29, 1.82) is 0 Å². The summed E-state index contributed by atoms with van der Waals surface area (Å²) in [5.41, 5.74) is 14.2. The Balaban J connectivity index is 1.97. The van der Waals surface area contributed by atoms with Gasteiger partial charge in [0.25, 0.3) is 5.91 Å². The highest BCUT2D eigenvalue weighted by Gasteiger charge is 2.26. The van der Waals surface area contributed by atoms with Crippen LogP contribution in [0.2, 0.25) is 0 Å². The van der Waals surface area contributed by atoms with Crippen molar-refractivity contribution >= 4 is 11.7 Å². The van der Waals surface area contributed by atoms with Crippen LogP contribution in [0.5, 0.6) is 0 Å². The van der Waals surface area contributed by atoms with Gasteiger partial charge in [-0.15, -0.1) is 0 Å². The molecule has 1 aromatic rings. The molecule has 5 heteroatoms. The van der Waals surface area contributed by atoms with Crippen molar-refractivity contribution in [3.63, 3.8) is 0 Å². The Labute approximate surface area is 119 Å². The zero-order valence-electron chi connectivity index (χ0n) is 11.8. The number of rotatable bonds is 3. The molecule has 3 rings (SSSR count). The maximum absolute atomic E-state index is 11.7.